The summed E-state index contributed by atoms with van der Waals surface area (Å²) in [5.74, 6) is 0.263. The lowest BCUT2D eigenvalue weighted by Gasteiger charge is -2.27. The predicted octanol–water partition coefficient (Wildman–Crippen LogP) is 2.69. The van der Waals surface area contributed by atoms with Gasteiger partial charge in [0.25, 0.3) is 0 Å². The Balaban J connectivity index is 2.76. The third-order valence-electron chi connectivity index (χ3n) is 3.51. The second-order valence-corrected chi connectivity index (χ2v) is 7.66. The van der Waals surface area contributed by atoms with Crippen LogP contribution < -0.4 is 10.0 Å². The molecule has 1 aromatic carbocycles. The van der Waals surface area contributed by atoms with E-state index in [-0.39, 0.29) is 11.3 Å². The minimum absolute atomic E-state index is 0.0819. The average molecular weight is 284 g/mol. The Bertz CT molecular complexity index is 501. The maximum absolute atomic E-state index is 12.1. The zero-order chi connectivity index (χ0) is 14.7. The van der Waals surface area contributed by atoms with Gasteiger partial charge in [0.05, 0.1) is 4.90 Å². The topological polar surface area (TPSA) is 58.2 Å². The summed E-state index contributed by atoms with van der Waals surface area (Å²) < 4.78 is 26.9. The molecule has 1 aromatic rings. The van der Waals surface area contributed by atoms with Crippen LogP contribution >= 0.6 is 0 Å². The molecule has 0 radical (unpaired) electrons. The van der Waals surface area contributed by atoms with Gasteiger partial charge in [0, 0.05) is 19.3 Å². The van der Waals surface area contributed by atoms with Crippen LogP contribution in [0.2, 0.25) is 0 Å². The predicted molar refractivity (Wildman–Crippen MR) is 79.8 cm³/mol. The van der Waals surface area contributed by atoms with Crippen LogP contribution in [0.25, 0.3) is 0 Å². The summed E-state index contributed by atoms with van der Waals surface area (Å²) in [5.41, 5.74) is 0.973. The van der Waals surface area contributed by atoms with E-state index in [9.17, 15) is 8.42 Å². The van der Waals surface area contributed by atoms with E-state index < -0.39 is 10.0 Å². The normalized spacial score (nSPS) is 14.2. The fourth-order valence-electron chi connectivity index (χ4n) is 1.42. The molecule has 0 aliphatic carbocycles. The van der Waals surface area contributed by atoms with Gasteiger partial charge in [-0.1, -0.05) is 27.7 Å². The molecular formula is C14H24N2O2S. The van der Waals surface area contributed by atoms with Crippen molar-refractivity contribution >= 4 is 15.7 Å². The lowest BCUT2D eigenvalue weighted by molar-refractivity contribution is 0.263. The van der Waals surface area contributed by atoms with Crippen molar-refractivity contribution in [2.75, 3.05) is 18.9 Å². The first-order valence-corrected chi connectivity index (χ1v) is 7.92. The summed E-state index contributed by atoms with van der Waals surface area (Å²) in [6.45, 7) is 8.81. The molecule has 108 valence electrons. The van der Waals surface area contributed by atoms with E-state index in [0.29, 0.717) is 11.4 Å². The first-order valence-electron chi connectivity index (χ1n) is 6.44. The van der Waals surface area contributed by atoms with E-state index >= 15 is 0 Å². The summed E-state index contributed by atoms with van der Waals surface area (Å²) in [4.78, 5) is 0.299. The van der Waals surface area contributed by atoms with Crippen LogP contribution in [0.15, 0.2) is 29.2 Å². The molecule has 4 nitrogen and oxygen atoms in total. The van der Waals surface area contributed by atoms with E-state index in [4.69, 9.17) is 0 Å². The van der Waals surface area contributed by atoms with Crippen molar-refractivity contribution in [2.45, 2.75) is 32.6 Å². The average Bonchev–Trinajstić information content (AvgIpc) is 2.35. The Morgan fingerprint density at radius 1 is 1.16 bits per heavy atom. The van der Waals surface area contributed by atoms with Crippen molar-refractivity contribution in [3.05, 3.63) is 24.3 Å². The van der Waals surface area contributed by atoms with Crippen LogP contribution in [-0.2, 0) is 10.0 Å². The summed E-state index contributed by atoms with van der Waals surface area (Å²) in [5, 5.41) is 2.96. The molecule has 0 aliphatic rings. The first kappa shape index (κ1) is 16.0. The number of hydrogen-bond acceptors (Lipinski definition) is 3. The summed E-state index contributed by atoms with van der Waals surface area (Å²) in [6, 6.07) is 6.72. The Hall–Kier alpha value is -1.07. The molecule has 0 heterocycles. The standard InChI is InChI=1S/C14H24N2O2S/c1-11(14(2,3)4)10-16-19(17,18)13-8-6-12(15-5)7-9-13/h6-9,11,15-16H,10H2,1-5H3. The van der Waals surface area contributed by atoms with Gasteiger partial charge in [-0.15, -0.1) is 0 Å². The first-order chi connectivity index (χ1) is 8.66. The zero-order valence-electron chi connectivity index (χ0n) is 12.3. The highest BCUT2D eigenvalue weighted by molar-refractivity contribution is 7.89. The smallest absolute Gasteiger partial charge is 0.240 e. The van der Waals surface area contributed by atoms with Crippen LogP contribution in [-0.4, -0.2) is 22.0 Å². The number of nitrogens with one attached hydrogen (secondary N) is 2. The van der Waals surface area contributed by atoms with Crippen molar-refractivity contribution in [1.29, 1.82) is 0 Å². The molecule has 0 bridgehead atoms. The number of sulfonamides is 1. The molecule has 0 saturated carbocycles. The van der Waals surface area contributed by atoms with Crippen LogP contribution in [0.4, 0.5) is 5.69 Å². The number of rotatable bonds is 5. The molecular weight excluding hydrogens is 260 g/mol. The van der Waals surface area contributed by atoms with Gasteiger partial charge in [-0.05, 0) is 35.6 Å². The third kappa shape index (κ3) is 4.51. The van der Waals surface area contributed by atoms with Gasteiger partial charge in [0.1, 0.15) is 0 Å². The quantitative estimate of drug-likeness (QED) is 0.874. The highest BCUT2D eigenvalue weighted by Crippen LogP contribution is 2.25. The molecule has 1 atom stereocenters. The Morgan fingerprint density at radius 2 is 1.68 bits per heavy atom. The van der Waals surface area contributed by atoms with Crippen LogP contribution in [0, 0.1) is 11.3 Å². The molecule has 1 rings (SSSR count). The van der Waals surface area contributed by atoms with E-state index in [2.05, 4.69) is 30.8 Å². The SMILES string of the molecule is CNc1ccc(S(=O)(=O)NCC(C)C(C)(C)C)cc1. The molecule has 1 unspecified atom stereocenters. The number of benzene rings is 1. The van der Waals surface area contributed by atoms with Gasteiger partial charge >= 0.3 is 0 Å². The van der Waals surface area contributed by atoms with Gasteiger partial charge in [0.15, 0.2) is 0 Å². The van der Waals surface area contributed by atoms with Crippen molar-refractivity contribution in [3.8, 4) is 0 Å². The second kappa shape index (κ2) is 5.92. The van der Waals surface area contributed by atoms with Crippen LogP contribution in [0.5, 0.6) is 0 Å². The highest BCUT2D eigenvalue weighted by Gasteiger charge is 2.22. The Labute approximate surface area is 116 Å². The van der Waals surface area contributed by atoms with E-state index in [1.54, 1.807) is 31.3 Å². The van der Waals surface area contributed by atoms with Crippen LogP contribution in [0.3, 0.4) is 0 Å². The fourth-order valence-corrected chi connectivity index (χ4v) is 2.56. The molecule has 0 amide bonds. The van der Waals surface area contributed by atoms with Crippen molar-refractivity contribution in [3.63, 3.8) is 0 Å². The van der Waals surface area contributed by atoms with Crippen LogP contribution in [0.1, 0.15) is 27.7 Å². The van der Waals surface area contributed by atoms with Gasteiger partial charge in [0.2, 0.25) is 10.0 Å². The maximum Gasteiger partial charge on any atom is 0.240 e. The summed E-state index contributed by atoms with van der Waals surface area (Å²) in [6.07, 6.45) is 0. The molecule has 0 saturated heterocycles. The largest absolute Gasteiger partial charge is 0.388 e. The number of hydrogen-bond donors (Lipinski definition) is 2. The fraction of sp³-hybridized carbons (Fsp3) is 0.571. The second-order valence-electron chi connectivity index (χ2n) is 5.89. The van der Waals surface area contributed by atoms with E-state index in [1.165, 1.54) is 0 Å². The third-order valence-corrected chi connectivity index (χ3v) is 4.95. The van der Waals surface area contributed by atoms with Crippen molar-refractivity contribution in [1.82, 2.24) is 4.72 Å². The Morgan fingerprint density at radius 3 is 2.11 bits per heavy atom. The molecule has 2 N–H and O–H groups in total. The molecule has 0 aliphatic heterocycles. The molecule has 0 spiro atoms. The lowest BCUT2D eigenvalue weighted by Crippen LogP contribution is -2.33. The molecule has 0 fully saturated rings. The minimum atomic E-state index is -3.42. The van der Waals surface area contributed by atoms with Gasteiger partial charge in [-0.2, -0.15) is 0 Å². The summed E-state index contributed by atoms with van der Waals surface area (Å²) >= 11 is 0. The summed E-state index contributed by atoms with van der Waals surface area (Å²) in [7, 11) is -1.62. The molecule has 5 heteroatoms. The molecule has 19 heavy (non-hydrogen) atoms. The van der Waals surface area contributed by atoms with Crippen molar-refractivity contribution < 1.29 is 8.42 Å². The Kier molecular flexibility index (Phi) is 4.98. The maximum atomic E-state index is 12.1. The lowest BCUT2D eigenvalue weighted by atomic mass is 9.82. The highest BCUT2D eigenvalue weighted by atomic mass is 32.2. The monoisotopic (exact) mass is 284 g/mol. The zero-order valence-corrected chi connectivity index (χ0v) is 13.1. The van der Waals surface area contributed by atoms with E-state index in [1.807, 2.05) is 6.92 Å². The van der Waals surface area contributed by atoms with E-state index in [0.717, 1.165) is 5.69 Å². The number of anilines is 1. The molecule has 0 aromatic heterocycles. The van der Waals surface area contributed by atoms with Gasteiger partial charge in [-0.25, -0.2) is 13.1 Å². The van der Waals surface area contributed by atoms with Gasteiger partial charge < -0.3 is 5.32 Å². The van der Waals surface area contributed by atoms with Crippen molar-refractivity contribution in [2.24, 2.45) is 11.3 Å². The minimum Gasteiger partial charge on any atom is -0.388 e. The van der Waals surface area contributed by atoms with Gasteiger partial charge in [-0.3, -0.25) is 0 Å².